The molecular formula is C19H24N4O5. The number of ketones is 1. The maximum Gasteiger partial charge on any atom is 0.332 e. The second-order valence-corrected chi connectivity index (χ2v) is 6.79. The number of hydrogen-bond acceptors (Lipinski definition) is 6. The van der Waals surface area contributed by atoms with Gasteiger partial charge in [-0.2, -0.15) is 0 Å². The minimum atomic E-state index is -1.09. The van der Waals surface area contributed by atoms with Crippen molar-refractivity contribution in [2.75, 3.05) is 18.8 Å². The summed E-state index contributed by atoms with van der Waals surface area (Å²) < 4.78 is 2.00. The topological polar surface area (TPSA) is 128 Å². The van der Waals surface area contributed by atoms with Crippen molar-refractivity contribution in [1.29, 1.82) is 0 Å². The fraction of sp³-hybridized carbons (Fsp3) is 0.368. The molecule has 28 heavy (non-hydrogen) atoms. The molecule has 0 amide bonds. The van der Waals surface area contributed by atoms with Gasteiger partial charge in [0.1, 0.15) is 11.4 Å². The third-order valence-electron chi connectivity index (χ3n) is 4.46. The molecular weight excluding hydrogens is 364 g/mol. The number of rotatable bonds is 8. The zero-order chi connectivity index (χ0) is 21.0. The van der Waals surface area contributed by atoms with Crippen LogP contribution >= 0.6 is 0 Å². The number of carboxylic acids is 1. The molecule has 1 aromatic carbocycles. The Morgan fingerprint density at radius 2 is 1.75 bits per heavy atom. The van der Waals surface area contributed by atoms with Gasteiger partial charge in [0.15, 0.2) is 5.78 Å². The van der Waals surface area contributed by atoms with Crippen molar-refractivity contribution in [3.05, 3.63) is 62.3 Å². The average Bonchev–Trinajstić information content (AvgIpc) is 2.63. The molecule has 0 saturated carbocycles. The highest BCUT2D eigenvalue weighted by Crippen LogP contribution is 2.11. The molecule has 0 radical (unpaired) electrons. The lowest BCUT2D eigenvalue weighted by molar-refractivity contribution is -0.138. The number of nitrogens with two attached hydrogens (primary N) is 1. The summed E-state index contributed by atoms with van der Waals surface area (Å²) in [7, 11) is 1.28. The van der Waals surface area contributed by atoms with Gasteiger partial charge in [0.05, 0.1) is 19.6 Å². The highest BCUT2D eigenvalue weighted by molar-refractivity contribution is 6.01. The predicted molar refractivity (Wildman–Crippen MR) is 105 cm³/mol. The Morgan fingerprint density at radius 3 is 2.29 bits per heavy atom. The highest BCUT2D eigenvalue weighted by atomic mass is 16.4. The number of nitrogens with zero attached hydrogens (tertiary/aromatic N) is 3. The van der Waals surface area contributed by atoms with Gasteiger partial charge in [-0.15, -0.1) is 0 Å². The molecule has 1 aromatic heterocycles. The largest absolute Gasteiger partial charge is 0.480 e. The number of benzene rings is 1. The van der Waals surface area contributed by atoms with E-state index in [4.69, 9.17) is 10.8 Å². The van der Waals surface area contributed by atoms with Gasteiger partial charge in [-0.05, 0) is 19.4 Å². The molecule has 2 rings (SSSR count). The van der Waals surface area contributed by atoms with Crippen molar-refractivity contribution in [3.8, 4) is 0 Å². The molecule has 0 saturated heterocycles. The van der Waals surface area contributed by atoms with E-state index in [1.54, 1.807) is 38.1 Å². The molecule has 1 heterocycles. The third-order valence-corrected chi connectivity index (χ3v) is 4.46. The molecule has 3 N–H and O–H groups in total. The number of carboxylic acid groups (broad SMARTS) is 1. The van der Waals surface area contributed by atoms with Crippen molar-refractivity contribution in [3.63, 3.8) is 0 Å². The van der Waals surface area contributed by atoms with Crippen LogP contribution in [0.1, 0.15) is 29.8 Å². The Morgan fingerprint density at radius 1 is 1.14 bits per heavy atom. The van der Waals surface area contributed by atoms with Gasteiger partial charge < -0.3 is 10.8 Å². The quantitative estimate of drug-likeness (QED) is 0.616. The summed E-state index contributed by atoms with van der Waals surface area (Å²) in [6, 6.07) is 8.79. The van der Waals surface area contributed by atoms with Crippen LogP contribution in [0.25, 0.3) is 0 Å². The molecule has 9 nitrogen and oxygen atoms in total. The van der Waals surface area contributed by atoms with Crippen LogP contribution in [0.3, 0.4) is 0 Å². The SMILES string of the molecule is CC(C)N(CC(=O)O)CC(=O)c1c(N)n(Cc2ccccc2)c(=O)n(C)c1=O. The first-order valence-corrected chi connectivity index (χ1v) is 8.75. The van der Waals surface area contributed by atoms with E-state index in [1.165, 1.54) is 16.5 Å². The van der Waals surface area contributed by atoms with Gasteiger partial charge in [-0.25, -0.2) is 4.79 Å². The normalized spacial score (nSPS) is 11.2. The number of aliphatic carboxylic acids is 1. The number of nitrogen functional groups attached to an aromatic ring is 1. The molecule has 0 bridgehead atoms. The van der Waals surface area contributed by atoms with Crippen molar-refractivity contribution in [2.45, 2.75) is 26.4 Å². The van der Waals surface area contributed by atoms with Crippen LogP contribution in [0.2, 0.25) is 0 Å². The van der Waals surface area contributed by atoms with Gasteiger partial charge in [0.2, 0.25) is 0 Å². The number of Topliss-reactive ketones (excluding diaryl/α,β-unsaturated/α-hetero) is 1. The molecule has 0 spiro atoms. The Hall–Kier alpha value is -3.20. The van der Waals surface area contributed by atoms with Crippen molar-refractivity contribution in [1.82, 2.24) is 14.0 Å². The van der Waals surface area contributed by atoms with Gasteiger partial charge in [-0.1, -0.05) is 30.3 Å². The Bertz CT molecular complexity index is 992. The van der Waals surface area contributed by atoms with Gasteiger partial charge in [0, 0.05) is 13.1 Å². The number of carbonyl (C=O) groups excluding carboxylic acids is 1. The second-order valence-electron chi connectivity index (χ2n) is 6.79. The molecule has 0 unspecified atom stereocenters. The first kappa shape index (κ1) is 21.1. The summed E-state index contributed by atoms with van der Waals surface area (Å²) in [5, 5.41) is 9.03. The summed E-state index contributed by atoms with van der Waals surface area (Å²) in [5.74, 6) is -1.94. The minimum absolute atomic E-state index is 0.100. The Kier molecular flexibility index (Phi) is 6.53. The maximum absolute atomic E-state index is 12.8. The Balaban J connectivity index is 2.49. The van der Waals surface area contributed by atoms with Gasteiger partial charge >= 0.3 is 11.7 Å². The summed E-state index contributed by atoms with van der Waals surface area (Å²) in [5.41, 5.74) is 5.09. The smallest absolute Gasteiger partial charge is 0.332 e. The van der Waals surface area contributed by atoms with E-state index in [0.717, 1.165) is 10.1 Å². The summed E-state index contributed by atoms with van der Waals surface area (Å²) in [4.78, 5) is 50.3. The van der Waals surface area contributed by atoms with E-state index >= 15 is 0 Å². The minimum Gasteiger partial charge on any atom is -0.480 e. The predicted octanol–water partition coefficient (Wildman–Crippen LogP) is 0.155. The van der Waals surface area contributed by atoms with Crippen molar-refractivity contribution >= 4 is 17.6 Å². The molecule has 150 valence electrons. The standard InChI is InChI=1S/C19H24N4O5/c1-12(2)22(11-15(25)26)10-14(24)16-17(20)23(19(28)21(3)18(16)27)9-13-7-5-4-6-8-13/h4-8,12H,9-11,20H2,1-3H3,(H,25,26). The van der Waals surface area contributed by atoms with E-state index in [1.807, 2.05) is 6.07 Å². The fourth-order valence-corrected chi connectivity index (χ4v) is 2.82. The summed E-state index contributed by atoms with van der Waals surface area (Å²) in [6.07, 6.45) is 0. The van der Waals surface area contributed by atoms with E-state index in [0.29, 0.717) is 0 Å². The monoisotopic (exact) mass is 388 g/mol. The molecule has 0 aliphatic heterocycles. The van der Waals surface area contributed by atoms with Crippen LogP contribution in [-0.4, -0.2) is 50.0 Å². The van der Waals surface area contributed by atoms with Crippen LogP contribution in [0.15, 0.2) is 39.9 Å². The van der Waals surface area contributed by atoms with Gasteiger partial charge in [-0.3, -0.25) is 28.4 Å². The van der Waals surface area contributed by atoms with E-state index in [-0.39, 0.29) is 37.1 Å². The molecule has 9 heteroatoms. The highest BCUT2D eigenvalue weighted by Gasteiger charge is 2.25. The Labute approximate surface area is 161 Å². The first-order valence-electron chi connectivity index (χ1n) is 8.75. The fourth-order valence-electron chi connectivity index (χ4n) is 2.82. The molecule has 0 atom stereocenters. The van der Waals surface area contributed by atoms with Crippen LogP contribution in [0, 0.1) is 0 Å². The van der Waals surface area contributed by atoms with Crippen LogP contribution in [-0.2, 0) is 18.4 Å². The van der Waals surface area contributed by atoms with Crippen molar-refractivity contribution in [2.24, 2.45) is 7.05 Å². The zero-order valence-corrected chi connectivity index (χ0v) is 16.1. The average molecular weight is 388 g/mol. The van der Waals surface area contributed by atoms with Crippen LogP contribution in [0.5, 0.6) is 0 Å². The molecule has 2 aromatic rings. The number of aromatic nitrogens is 2. The van der Waals surface area contributed by atoms with Crippen molar-refractivity contribution < 1.29 is 14.7 Å². The summed E-state index contributed by atoms with van der Waals surface area (Å²) >= 11 is 0. The lowest BCUT2D eigenvalue weighted by atomic mass is 10.1. The number of anilines is 1. The molecule has 0 fully saturated rings. The molecule has 0 aliphatic carbocycles. The third kappa shape index (κ3) is 4.55. The van der Waals surface area contributed by atoms with E-state index < -0.39 is 23.0 Å². The van der Waals surface area contributed by atoms with Crippen LogP contribution in [0.4, 0.5) is 5.82 Å². The van der Waals surface area contributed by atoms with Gasteiger partial charge in [0.25, 0.3) is 5.56 Å². The first-order chi connectivity index (χ1) is 13.1. The van der Waals surface area contributed by atoms with E-state index in [9.17, 15) is 19.2 Å². The van der Waals surface area contributed by atoms with Crippen LogP contribution < -0.4 is 17.0 Å². The lowest BCUT2D eigenvalue weighted by Crippen LogP contribution is -2.45. The second kappa shape index (κ2) is 8.66. The maximum atomic E-state index is 12.8. The number of hydrogen-bond donors (Lipinski definition) is 2. The molecule has 0 aliphatic rings. The lowest BCUT2D eigenvalue weighted by Gasteiger charge is -2.24. The number of carbonyl (C=O) groups is 2. The zero-order valence-electron chi connectivity index (χ0n) is 16.1. The van der Waals surface area contributed by atoms with E-state index in [2.05, 4.69) is 0 Å². The summed E-state index contributed by atoms with van der Waals surface area (Å²) in [6.45, 7) is 2.94.